The highest BCUT2D eigenvalue weighted by Crippen LogP contribution is 2.35. The van der Waals surface area contributed by atoms with E-state index >= 15 is 0 Å². The fourth-order valence-corrected chi connectivity index (χ4v) is 3.61. The molecule has 0 bridgehead atoms. The van der Waals surface area contributed by atoms with Gasteiger partial charge in [-0.3, -0.25) is 13.3 Å². The monoisotopic (exact) mass is 431 g/mol. The zero-order valence-electron chi connectivity index (χ0n) is 16.1. The van der Waals surface area contributed by atoms with Gasteiger partial charge in [0.15, 0.2) is 0 Å². The molecule has 29 heavy (non-hydrogen) atoms. The summed E-state index contributed by atoms with van der Waals surface area (Å²) in [6, 6.07) is 12.0. The smallest absolute Gasteiger partial charge is 0.251 e. The van der Waals surface area contributed by atoms with Crippen LogP contribution in [0.2, 0.25) is 5.02 Å². The van der Waals surface area contributed by atoms with Gasteiger partial charge in [-0.05, 0) is 41.3 Å². The second-order valence-electron chi connectivity index (χ2n) is 7.48. The number of anilines is 2. The molecule has 1 aromatic heterocycles. The number of hydrogen-bond donors (Lipinski definition) is 1. The van der Waals surface area contributed by atoms with E-state index in [2.05, 4.69) is 25.9 Å². The van der Waals surface area contributed by atoms with E-state index in [4.69, 9.17) is 17.3 Å². The number of carbonyl (C=O) groups is 1. The molecule has 0 aliphatic heterocycles. The number of rotatable bonds is 5. The van der Waals surface area contributed by atoms with Crippen LogP contribution in [-0.4, -0.2) is 24.4 Å². The van der Waals surface area contributed by atoms with Gasteiger partial charge in [0.1, 0.15) is 0 Å². The molecule has 9 heteroatoms. The van der Waals surface area contributed by atoms with Crippen molar-refractivity contribution in [2.75, 3.05) is 4.31 Å². The summed E-state index contributed by atoms with van der Waals surface area (Å²) in [6.07, 6.45) is 2.73. The second kappa shape index (κ2) is 7.98. The van der Waals surface area contributed by atoms with Crippen LogP contribution in [0.5, 0.6) is 0 Å². The van der Waals surface area contributed by atoms with Crippen molar-refractivity contribution in [2.24, 2.45) is 5.73 Å². The van der Waals surface area contributed by atoms with E-state index in [-0.39, 0.29) is 11.0 Å². The molecule has 0 saturated heterocycles. The van der Waals surface area contributed by atoms with Crippen molar-refractivity contribution in [3.8, 4) is 5.69 Å². The molecular formula is C20H20ClN4O3S-. The maximum atomic E-state index is 12.2. The highest BCUT2D eigenvalue weighted by molar-refractivity contribution is 7.81. The Morgan fingerprint density at radius 3 is 2.38 bits per heavy atom. The molecule has 7 nitrogen and oxygen atoms in total. The summed E-state index contributed by atoms with van der Waals surface area (Å²) in [4.78, 5) is 11.4. The predicted octanol–water partition coefficient (Wildman–Crippen LogP) is 3.85. The molecule has 0 aliphatic rings. The van der Waals surface area contributed by atoms with Gasteiger partial charge in [-0.25, -0.2) is 4.68 Å². The number of benzene rings is 2. The van der Waals surface area contributed by atoms with Gasteiger partial charge in [0.2, 0.25) is 0 Å². The Balaban J connectivity index is 2.13. The first-order chi connectivity index (χ1) is 13.6. The first-order valence-electron chi connectivity index (χ1n) is 8.72. The fourth-order valence-electron chi connectivity index (χ4n) is 2.84. The maximum Gasteiger partial charge on any atom is 0.251 e. The normalized spacial score (nSPS) is 12.6. The molecule has 2 N–H and O–H groups in total. The first-order valence-corrected chi connectivity index (χ1v) is 10.1. The lowest BCUT2D eigenvalue weighted by Crippen LogP contribution is -2.21. The molecule has 3 aromatic rings. The molecule has 0 saturated carbocycles. The Bertz CT molecular complexity index is 1070. The molecule has 1 atom stereocenters. The van der Waals surface area contributed by atoms with Crippen LogP contribution in [0.4, 0.5) is 11.4 Å². The van der Waals surface area contributed by atoms with E-state index in [0.717, 1.165) is 9.87 Å². The molecule has 1 heterocycles. The van der Waals surface area contributed by atoms with Crippen molar-refractivity contribution in [1.29, 1.82) is 0 Å². The molecule has 152 valence electrons. The minimum absolute atomic E-state index is 0.0639. The number of primary amides is 1. The minimum Gasteiger partial charge on any atom is -0.755 e. The molecule has 1 amide bonds. The van der Waals surface area contributed by atoms with E-state index in [1.165, 1.54) is 17.1 Å². The SMILES string of the molecule is CC(C)(C)c1ccc(N(c2ccc(Cl)cc2-n2cc(C(N)=O)cn2)S(=O)[O-])cc1. The Kier molecular flexibility index (Phi) is 5.79. The van der Waals surface area contributed by atoms with Gasteiger partial charge in [0.05, 0.1) is 40.1 Å². The van der Waals surface area contributed by atoms with Gasteiger partial charge < -0.3 is 10.3 Å². The summed E-state index contributed by atoms with van der Waals surface area (Å²) in [7, 11) is 0. The third-order valence-electron chi connectivity index (χ3n) is 4.39. The van der Waals surface area contributed by atoms with Crippen molar-refractivity contribution >= 4 is 40.1 Å². The molecule has 0 radical (unpaired) electrons. The number of aromatic nitrogens is 2. The zero-order valence-corrected chi connectivity index (χ0v) is 17.7. The zero-order chi connectivity index (χ0) is 21.3. The lowest BCUT2D eigenvalue weighted by molar-refractivity contribution is 0.1000. The van der Waals surface area contributed by atoms with Crippen molar-refractivity contribution in [1.82, 2.24) is 9.78 Å². The van der Waals surface area contributed by atoms with Gasteiger partial charge in [-0.1, -0.05) is 44.5 Å². The third kappa shape index (κ3) is 4.50. The number of carbonyl (C=O) groups excluding carboxylic acids is 1. The van der Waals surface area contributed by atoms with E-state index < -0.39 is 17.2 Å². The molecular weight excluding hydrogens is 412 g/mol. The van der Waals surface area contributed by atoms with E-state index in [1.807, 2.05) is 12.1 Å². The number of hydrogen-bond acceptors (Lipinski definition) is 4. The Hall–Kier alpha value is -2.68. The molecule has 0 spiro atoms. The standard InChI is InChI=1S/C20H21ClN4O3S/c1-20(2,3)14-4-7-16(8-5-14)25(29(27)28)17-9-6-15(21)10-18(17)24-12-13(11-23-24)19(22)26/h4-12H,1-3H3,(H2,22,26)(H,27,28)/p-1. The van der Waals surface area contributed by atoms with Crippen molar-refractivity contribution in [2.45, 2.75) is 26.2 Å². The number of nitrogens with two attached hydrogens (primary N) is 1. The summed E-state index contributed by atoms with van der Waals surface area (Å²) in [5, 5.41) is 4.51. The predicted molar refractivity (Wildman–Crippen MR) is 113 cm³/mol. The molecule has 2 aromatic carbocycles. The number of halogens is 1. The summed E-state index contributed by atoms with van der Waals surface area (Å²) in [5.41, 5.74) is 7.66. The summed E-state index contributed by atoms with van der Waals surface area (Å²) < 4.78 is 26.8. The van der Waals surface area contributed by atoms with Crippen LogP contribution in [0, 0.1) is 0 Å². The fraction of sp³-hybridized carbons (Fsp3) is 0.200. The van der Waals surface area contributed by atoms with Gasteiger partial charge >= 0.3 is 0 Å². The molecule has 0 fully saturated rings. The highest BCUT2D eigenvalue weighted by Gasteiger charge is 2.19. The van der Waals surface area contributed by atoms with Gasteiger partial charge in [0, 0.05) is 11.2 Å². The minimum atomic E-state index is -2.62. The van der Waals surface area contributed by atoms with Gasteiger partial charge in [0.25, 0.3) is 5.91 Å². The van der Waals surface area contributed by atoms with Crippen LogP contribution in [0.15, 0.2) is 54.9 Å². The first kappa shape index (κ1) is 21.0. The van der Waals surface area contributed by atoms with E-state index in [0.29, 0.717) is 22.1 Å². The largest absolute Gasteiger partial charge is 0.755 e. The molecule has 1 unspecified atom stereocenters. The summed E-state index contributed by atoms with van der Waals surface area (Å²) in [6.45, 7) is 6.24. The quantitative estimate of drug-likeness (QED) is 0.619. The summed E-state index contributed by atoms with van der Waals surface area (Å²) >= 11 is 3.51. The number of amides is 1. The Morgan fingerprint density at radius 1 is 1.21 bits per heavy atom. The molecule has 0 aliphatic carbocycles. The summed E-state index contributed by atoms with van der Waals surface area (Å²) in [5.74, 6) is -0.637. The Morgan fingerprint density at radius 2 is 1.86 bits per heavy atom. The molecule has 3 rings (SSSR count). The van der Waals surface area contributed by atoms with Crippen molar-refractivity contribution < 1.29 is 13.6 Å². The number of nitrogens with zero attached hydrogens (tertiary/aromatic N) is 3. The topological polar surface area (TPSA) is 104 Å². The van der Waals surface area contributed by atoms with E-state index in [9.17, 15) is 13.6 Å². The lowest BCUT2D eigenvalue weighted by atomic mass is 9.87. The van der Waals surface area contributed by atoms with Crippen LogP contribution in [0.3, 0.4) is 0 Å². The van der Waals surface area contributed by atoms with Gasteiger partial charge in [-0.15, -0.1) is 0 Å². The van der Waals surface area contributed by atoms with E-state index in [1.54, 1.807) is 30.3 Å². The van der Waals surface area contributed by atoms with Crippen LogP contribution in [0.25, 0.3) is 5.69 Å². The van der Waals surface area contributed by atoms with Crippen LogP contribution in [0.1, 0.15) is 36.7 Å². The van der Waals surface area contributed by atoms with Crippen LogP contribution in [-0.2, 0) is 16.7 Å². The second-order valence-corrected chi connectivity index (χ2v) is 8.72. The average Bonchev–Trinajstić information content (AvgIpc) is 3.13. The van der Waals surface area contributed by atoms with Crippen LogP contribution < -0.4 is 10.0 Å². The highest BCUT2D eigenvalue weighted by atomic mass is 35.5. The average molecular weight is 432 g/mol. The third-order valence-corrected chi connectivity index (χ3v) is 5.33. The van der Waals surface area contributed by atoms with Gasteiger partial charge in [-0.2, -0.15) is 5.10 Å². The Labute approximate surface area is 176 Å². The van der Waals surface area contributed by atoms with Crippen molar-refractivity contribution in [3.63, 3.8) is 0 Å². The van der Waals surface area contributed by atoms with Crippen molar-refractivity contribution in [3.05, 3.63) is 71.0 Å². The maximum absolute atomic E-state index is 12.2. The lowest BCUT2D eigenvalue weighted by Gasteiger charge is -2.29. The van der Waals surface area contributed by atoms with Crippen LogP contribution >= 0.6 is 11.6 Å².